The van der Waals surface area contributed by atoms with E-state index in [2.05, 4.69) is 10.6 Å². The van der Waals surface area contributed by atoms with Gasteiger partial charge in [0, 0.05) is 55.4 Å². The second kappa shape index (κ2) is 8.05. The Labute approximate surface area is 164 Å². The number of likely N-dealkylation sites (N-methyl/N-ethyl adjacent to an activating group) is 1. The molecule has 1 amide bonds. The van der Waals surface area contributed by atoms with E-state index in [1.165, 1.54) is 0 Å². The zero-order valence-corrected chi connectivity index (χ0v) is 16.4. The number of anilines is 3. The van der Waals surface area contributed by atoms with Crippen LogP contribution in [0.25, 0.3) is 0 Å². The fourth-order valence-electron chi connectivity index (χ4n) is 3.10. The molecular weight excluding hydrogens is 360 g/mol. The van der Waals surface area contributed by atoms with Gasteiger partial charge < -0.3 is 30.1 Å². The first-order chi connectivity index (χ1) is 13.3. The number of ether oxygens (including phenoxy) is 1. The van der Waals surface area contributed by atoms with Gasteiger partial charge in [0.1, 0.15) is 12.0 Å². The number of nitrogens with zero attached hydrogens (tertiary/aromatic N) is 2. The third-order valence-electron chi connectivity index (χ3n) is 4.82. The Kier molecular flexibility index (Phi) is 5.73. The van der Waals surface area contributed by atoms with Crippen molar-refractivity contribution in [3.05, 3.63) is 47.5 Å². The van der Waals surface area contributed by atoms with Gasteiger partial charge in [-0.05, 0) is 24.3 Å². The monoisotopic (exact) mass is 386 g/mol. The highest BCUT2D eigenvalue weighted by Crippen LogP contribution is 2.34. The Hall–Kier alpha value is -2.81. The van der Waals surface area contributed by atoms with Gasteiger partial charge in [-0.2, -0.15) is 0 Å². The van der Waals surface area contributed by atoms with Gasteiger partial charge in [-0.15, -0.1) is 0 Å². The molecule has 28 heavy (non-hydrogen) atoms. The molecule has 2 aromatic rings. The molecule has 8 nitrogen and oxygen atoms in total. The van der Waals surface area contributed by atoms with Gasteiger partial charge >= 0.3 is 0 Å². The molecule has 0 bridgehead atoms. The Morgan fingerprint density at radius 2 is 1.79 bits per heavy atom. The number of methoxy groups -OCH3 is 1. The van der Waals surface area contributed by atoms with Crippen LogP contribution in [-0.4, -0.2) is 55.6 Å². The molecule has 4 N–H and O–H groups in total. The lowest BCUT2D eigenvalue weighted by Crippen LogP contribution is -2.43. The fourth-order valence-corrected chi connectivity index (χ4v) is 3.10. The topological polar surface area (TPSA) is 97.3 Å². The Morgan fingerprint density at radius 3 is 2.46 bits per heavy atom. The molecule has 0 aliphatic carbocycles. The van der Waals surface area contributed by atoms with Gasteiger partial charge in [-0.1, -0.05) is 6.07 Å². The minimum Gasteiger partial charge on any atom is -0.496 e. The number of carbonyl (C=O) groups excluding carboxylic acids is 1. The summed E-state index contributed by atoms with van der Waals surface area (Å²) in [4.78, 5) is 15.5. The summed E-state index contributed by atoms with van der Waals surface area (Å²) in [7, 11) is 6.95. The maximum Gasteiger partial charge on any atom is 0.226 e. The van der Waals surface area contributed by atoms with Crippen LogP contribution in [0, 0.1) is 0 Å². The predicted molar refractivity (Wildman–Crippen MR) is 108 cm³/mol. The van der Waals surface area contributed by atoms with Crippen LogP contribution >= 0.6 is 0 Å². The molecule has 0 fully saturated rings. The van der Waals surface area contributed by atoms with Gasteiger partial charge in [0.05, 0.1) is 13.5 Å². The minimum absolute atomic E-state index is 0.00488. The lowest BCUT2D eigenvalue weighted by Gasteiger charge is -2.30. The Bertz CT molecular complexity index is 871. The lowest BCUT2D eigenvalue weighted by atomic mass is 10.1. The number of hydrogen-bond acceptors (Lipinski definition) is 7. The van der Waals surface area contributed by atoms with Crippen molar-refractivity contribution in [1.82, 2.24) is 10.2 Å². The maximum absolute atomic E-state index is 12.0. The number of aliphatic hydroxyl groups excluding tert-OH is 2. The van der Waals surface area contributed by atoms with Crippen molar-refractivity contribution in [3.8, 4) is 5.75 Å². The number of carbonyl (C=O) groups is 1. The van der Waals surface area contributed by atoms with Crippen LogP contribution in [0.1, 0.15) is 17.4 Å². The molecule has 1 aliphatic heterocycles. The summed E-state index contributed by atoms with van der Waals surface area (Å²) in [5.41, 5.74) is 3.88. The van der Waals surface area contributed by atoms with E-state index in [4.69, 9.17) is 4.74 Å². The molecule has 150 valence electrons. The first-order valence-corrected chi connectivity index (χ1v) is 8.93. The lowest BCUT2D eigenvalue weighted by molar-refractivity contribution is -0.127. The first-order valence-electron chi connectivity index (χ1n) is 8.93. The number of benzene rings is 2. The third-order valence-corrected chi connectivity index (χ3v) is 4.82. The molecule has 1 aliphatic rings. The van der Waals surface area contributed by atoms with Crippen molar-refractivity contribution in [2.75, 3.05) is 38.5 Å². The van der Waals surface area contributed by atoms with Gasteiger partial charge in [-0.25, -0.2) is 5.32 Å². The van der Waals surface area contributed by atoms with Crippen LogP contribution < -0.4 is 20.3 Å². The van der Waals surface area contributed by atoms with Crippen molar-refractivity contribution in [2.45, 2.75) is 19.0 Å². The molecule has 0 radical (unpaired) electrons. The number of fused-ring (bicyclic) bond motifs is 1. The average molecular weight is 386 g/mol. The normalized spacial score (nSPS) is 18.1. The second-order valence-electron chi connectivity index (χ2n) is 6.91. The molecule has 0 spiro atoms. The summed E-state index contributed by atoms with van der Waals surface area (Å²) in [5.74, 6) is 0.647. The van der Waals surface area contributed by atoms with Crippen LogP contribution in [0.2, 0.25) is 0 Å². The molecular formula is C20H26N4O4. The van der Waals surface area contributed by atoms with Crippen molar-refractivity contribution in [2.24, 2.45) is 0 Å². The van der Waals surface area contributed by atoms with Crippen molar-refractivity contribution in [3.63, 3.8) is 0 Å². The van der Waals surface area contributed by atoms with Gasteiger partial charge in [0.15, 0.2) is 6.35 Å². The second-order valence-corrected chi connectivity index (χ2v) is 6.91. The minimum atomic E-state index is -0.993. The maximum atomic E-state index is 12.0. The van der Waals surface area contributed by atoms with Crippen LogP contribution in [0.4, 0.5) is 17.1 Å². The summed E-state index contributed by atoms with van der Waals surface area (Å²) in [5, 5.41) is 25.3. The molecule has 2 aromatic carbocycles. The average Bonchev–Trinajstić information content (AvgIpc) is 2.67. The van der Waals surface area contributed by atoms with Crippen LogP contribution in [0.15, 0.2) is 36.4 Å². The van der Waals surface area contributed by atoms with E-state index in [0.717, 1.165) is 16.9 Å². The third kappa shape index (κ3) is 4.04. The van der Waals surface area contributed by atoms with Crippen LogP contribution in [-0.2, 0) is 11.2 Å². The van der Waals surface area contributed by atoms with Gasteiger partial charge in [0.2, 0.25) is 5.91 Å². The van der Waals surface area contributed by atoms with E-state index in [9.17, 15) is 15.0 Å². The Morgan fingerprint density at radius 1 is 1.11 bits per heavy atom. The first kappa shape index (κ1) is 19.9. The molecule has 0 saturated carbocycles. The highest BCUT2D eigenvalue weighted by molar-refractivity contribution is 5.79. The number of aliphatic hydroxyl groups is 2. The van der Waals surface area contributed by atoms with Gasteiger partial charge in [-0.3, -0.25) is 4.79 Å². The number of hydrogen-bond donors (Lipinski definition) is 4. The highest BCUT2D eigenvalue weighted by atomic mass is 16.5. The largest absolute Gasteiger partial charge is 0.496 e. The van der Waals surface area contributed by atoms with E-state index in [0.29, 0.717) is 17.0 Å². The summed E-state index contributed by atoms with van der Waals surface area (Å²) in [6.07, 6.45) is -1.69. The van der Waals surface area contributed by atoms with E-state index in [1.54, 1.807) is 26.1 Å². The smallest absolute Gasteiger partial charge is 0.226 e. The number of amides is 1. The van der Waals surface area contributed by atoms with Crippen molar-refractivity contribution in [1.29, 1.82) is 0 Å². The number of nitrogens with one attached hydrogen (secondary N) is 2. The zero-order valence-electron chi connectivity index (χ0n) is 16.4. The van der Waals surface area contributed by atoms with Crippen molar-refractivity contribution < 1.29 is 19.7 Å². The molecule has 8 heteroatoms. The molecule has 3 rings (SSSR count). The van der Waals surface area contributed by atoms with E-state index >= 15 is 0 Å². The van der Waals surface area contributed by atoms with Crippen LogP contribution in [0.5, 0.6) is 5.75 Å². The number of rotatable bonds is 5. The molecule has 0 saturated heterocycles. The molecule has 0 aromatic heterocycles. The molecule has 2 unspecified atom stereocenters. The quantitative estimate of drug-likeness (QED) is 0.616. The standard InChI is InChI=1S/C20H26N4O4/c1-23(2)18(25)9-12-5-6-14(11-17(12)28-4)24(3)13-7-8-16-15(10-13)19(26)22-20(27)21-16/h5-8,10-11,19-22,26-27H,9H2,1-4H3. The van der Waals surface area contributed by atoms with E-state index < -0.39 is 12.6 Å². The predicted octanol–water partition coefficient (Wildman–Crippen LogP) is 1.38. The molecule has 1 heterocycles. The van der Waals surface area contributed by atoms with Crippen molar-refractivity contribution >= 4 is 23.0 Å². The summed E-state index contributed by atoms with van der Waals surface area (Å²) >= 11 is 0. The van der Waals surface area contributed by atoms with Gasteiger partial charge in [0.25, 0.3) is 0 Å². The summed E-state index contributed by atoms with van der Waals surface area (Å²) < 4.78 is 5.49. The van der Waals surface area contributed by atoms with E-state index in [1.807, 2.05) is 48.3 Å². The molecule has 2 atom stereocenters. The zero-order chi connectivity index (χ0) is 20.4. The fraction of sp³-hybridized carbons (Fsp3) is 0.350. The SMILES string of the molecule is COc1cc(N(C)c2ccc3c(c2)C(O)NC(O)N3)ccc1CC(=O)N(C)C. The summed E-state index contributed by atoms with van der Waals surface area (Å²) in [6, 6.07) is 11.3. The Balaban J connectivity index is 1.87. The highest BCUT2D eigenvalue weighted by Gasteiger charge is 2.23. The van der Waals surface area contributed by atoms with Crippen LogP contribution in [0.3, 0.4) is 0 Å². The van der Waals surface area contributed by atoms with E-state index in [-0.39, 0.29) is 12.3 Å². The summed E-state index contributed by atoms with van der Waals surface area (Å²) in [6.45, 7) is 0.